The Kier molecular flexibility index (Phi) is 10.2. The third-order valence-corrected chi connectivity index (χ3v) is 8.41. The first-order valence-corrected chi connectivity index (χ1v) is 14.7. The van der Waals surface area contributed by atoms with Crippen LogP contribution in [0.1, 0.15) is 57.9 Å². The maximum atomic E-state index is 13.7. The Morgan fingerprint density at radius 3 is 2.27 bits per heavy atom. The summed E-state index contributed by atoms with van der Waals surface area (Å²) in [5.74, 6) is -0.681. The second-order valence-electron chi connectivity index (χ2n) is 11.8. The predicted molar refractivity (Wildman–Crippen MR) is 154 cm³/mol. The lowest BCUT2D eigenvalue weighted by molar-refractivity contribution is -0.134. The Morgan fingerprint density at radius 1 is 1.02 bits per heavy atom. The smallest absolute Gasteiger partial charge is 0.243 e. The van der Waals surface area contributed by atoms with Gasteiger partial charge in [0, 0.05) is 12.3 Å². The van der Waals surface area contributed by atoms with Crippen molar-refractivity contribution in [1.82, 2.24) is 20.9 Å². The molecule has 4 atom stereocenters. The number of piperidine rings is 1. The minimum Gasteiger partial charge on any atom is -0.497 e. The van der Waals surface area contributed by atoms with E-state index in [-0.39, 0.29) is 24.0 Å². The van der Waals surface area contributed by atoms with Crippen LogP contribution in [-0.2, 0) is 30.3 Å². The number of amides is 3. The molecule has 3 aliphatic rings. The second kappa shape index (κ2) is 13.6. The van der Waals surface area contributed by atoms with Crippen LogP contribution in [0, 0.1) is 5.92 Å². The van der Waals surface area contributed by atoms with E-state index in [9.17, 15) is 19.2 Å². The summed E-state index contributed by atoms with van der Waals surface area (Å²) < 4.78 is 10.7. The van der Waals surface area contributed by atoms with Crippen LogP contribution in [0.4, 0.5) is 0 Å². The molecule has 2 heterocycles. The lowest BCUT2D eigenvalue weighted by Crippen LogP contribution is -2.57. The highest BCUT2D eigenvalue weighted by molar-refractivity contribution is 5.98. The number of hydrogen-bond acceptors (Lipinski definition) is 7. The molecular formula is C31H44N4O6. The van der Waals surface area contributed by atoms with E-state index >= 15 is 0 Å². The number of ether oxygens (including phenoxy) is 2. The normalized spacial score (nSPS) is 23.1. The number of hydrogen-bond donors (Lipinski definition) is 3. The van der Waals surface area contributed by atoms with E-state index in [4.69, 9.17) is 9.47 Å². The number of ketones is 1. The quantitative estimate of drug-likeness (QED) is 0.245. The highest BCUT2D eigenvalue weighted by Crippen LogP contribution is 2.31. The van der Waals surface area contributed by atoms with Crippen LogP contribution in [0.5, 0.6) is 5.75 Å². The lowest BCUT2D eigenvalue weighted by atomic mass is 9.94. The Bertz CT molecular complexity index is 1140. The molecule has 0 spiro atoms. The highest BCUT2D eigenvalue weighted by atomic mass is 16.6. The van der Waals surface area contributed by atoms with Crippen molar-refractivity contribution < 1.29 is 28.7 Å². The number of carbonyl (C=O) groups excluding carboxylic acids is 4. The third kappa shape index (κ3) is 8.39. The average molecular weight is 569 g/mol. The monoisotopic (exact) mass is 568 g/mol. The molecule has 3 N–H and O–H groups in total. The number of Topliss-reactive ketones (excluding diaryl/α,β-unsaturated/α-hetero) is 1. The van der Waals surface area contributed by atoms with Crippen LogP contribution in [0.2, 0.25) is 0 Å². The topological polar surface area (TPSA) is 129 Å². The van der Waals surface area contributed by atoms with Crippen molar-refractivity contribution in [2.75, 3.05) is 33.9 Å². The molecule has 2 saturated heterocycles. The zero-order chi connectivity index (χ0) is 29.6. The predicted octanol–water partition coefficient (Wildman–Crippen LogP) is 1.91. The van der Waals surface area contributed by atoms with E-state index in [2.05, 4.69) is 26.9 Å². The molecule has 10 nitrogen and oxygen atoms in total. The summed E-state index contributed by atoms with van der Waals surface area (Å²) in [6.07, 6.45) is 7.15. The largest absolute Gasteiger partial charge is 0.497 e. The molecule has 2 aliphatic heterocycles. The van der Waals surface area contributed by atoms with Crippen molar-refractivity contribution in [3.05, 3.63) is 41.5 Å². The fourth-order valence-electron chi connectivity index (χ4n) is 5.46. The van der Waals surface area contributed by atoms with Gasteiger partial charge in [-0.25, -0.2) is 0 Å². The first-order chi connectivity index (χ1) is 19.6. The van der Waals surface area contributed by atoms with Gasteiger partial charge in [0.05, 0.1) is 19.8 Å². The number of methoxy groups -OCH3 is 1. The standard InChI is InChI=1S/C31H44N4O6/c1-20(32-29(38)23-13-15-35(3)16-14-23)28(37)34-26(18-22-9-11-24(40-4)12-10-22)30(39)33-25(17-21-7-5-6-8-21)27(36)31(2)19-41-31/h7,9-12,20,23,25-26H,5-6,8,13-19H2,1-4H3,(H,32,38)(H,33,39)(H,34,37)/t20-,25+,26+,31+/m1/s1. The molecule has 1 aliphatic carbocycles. The number of likely N-dealkylation sites (tertiary alicyclic amines) is 1. The Labute approximate surface area is 242 Å². The molecule has 0 saturated carbocycles. The SMILES string of the molecule is COc1ccc(C[C@H](NC(=O)[C@@H](C)NC(=O)C2CCN(C)CC2)C(=O)N[C@@H](CC2=CCCC2)C(=O)[C@]2(C)CO2)cc1. The van der Waals surface area contributed by atoms with Gasteiger partial charge in [0.1, 0.15) is 23.4 Å². The van der Waals surface area contributed by atoms with Crippen LogP contribution in [0.3, 0.4) is 0 Å². The first-order valence-electron chi connectivity index (χ1n) is 14.7. The summed E-state index contributed by atoms with van der Waals surface area (Å²) in [7, 11) is 3.60. The van der Waals surface area contributed by atoms with Crippen molar-refractivity contribution in [1.29, 1.82) is 0 Å². The van der Waals surface area contributed by atoms with Crippen LogP contribution >= 0.6 is 0 Å². The fourth-order valence-corrected chi connectivity index (χ4v) is 5.46. The summed E-state index contributed by atoms with van der Waals surface area (Å²) in [4.78, 5) is 55.3. The van der Waals surface area contributed by atoms with Gasteiger partial charge in [-0.3, -0.25) is 19.2 Å². The van der Waals surface area contributed by atoms with Crippen molar-refractivity contribution in [3.63, 3.8) is 0 Å². The van der Waals surface area contributed by atoms with Crippen molar-refractivity contribution in [2.45, 2.75) is 82.5 Å². The molecule has 1 aromatic rings. The Balaban J connectivity index is 1.46. The van der Waals surface area contributed by atoms with Gasteiger partial charge in [-0.2, -0.15) is 0 Å². The molecular weight excluding hydrogens is 524 g/mol. The summed E-state index contributed by atoms with van der Waals surface area (Å²) >= 11 is 0. The molecule has 0 bridgehead atoms. The number of allylic oxidation sites excluding steroid dienone is 1. The molecule has 0 aromatic heterocycles. The van der Waals surface area contributed by atoms with E-state index < -0.39 is 35.5 Å². The van der Waals surface area contributed by atoms with E-state index in [0.717, 1.165) is 56.3 Å². The van der Waals surface area contributed by atoms with E-state index in [0.29, 0.717) is 18.8 Å². The van der Waals surface area contributed by atoms with Gasteiger partial charge in [-0.15, -0.1) is 0 Å². The van der Waals surface area contributed by atoms with Crippen molar-refractivity contribution in [2.24, 2.45) is 5.92 Å². The maximum Gasteiger partial charge on any atom is 0.243 e. The molecule has 0 unspecified atom stereocenters. The van der Waals surface area contributed by atoms with Crippen molar-refractivity contribution >= 4 is 23.5 Å². The molecule has 4 rings (SSSR count). The summed E-state index contributed by atoms with van der Waals surface area (Å²) in [6, 6.07) is 4.72. The first kappa shape index (κ1) is 30.7. The number of nitrogens with one attached hydrogen (secondary N) is 3. The summed E-state index contributed by atoms with van der Waals surface area (Å²) in [6.45, 7) is 5.36. The minimum atomic E-state index is -0.959. The molecule has 41 heavy (non-hydrogen) atoms. The van der Waals surface area contributed by atoms with Crippen molar-refractivity contribution in [3.8, 4) is 5.75 Å². The lowest BCUT2D eigenvalue weighted by Gasteiger charge is -2.29. The zero-order valence-electron chi connectivity index (χ0n) is 24.7. The molecule has 224 valence electrons. The summed E-state index contributed by atoms with van der Waals surface area (Å²) in [5, 5.41) is 8.60. The van der Waals surface area contributed by atoms with Gasteiger partial charge in [0.15, 0.2) is 5.78 Å². The average Bonchev–Trinajstić information content (AvgIpc) is 3.50. The Morgan fingerprint density at radius 2 is 1.68 bits per heavy atom. The van der Waals surface area contributed by atoms with Gasteiger partial charge >= 0.3 is 0 Å². The number of nitrogens with zero attached hydrogens (tertiary/aromatic N) is 1. The highest BCUT2D eigenvalue weighted by Gasteiger charge is 2.50. The van der Waals surface area contributed by atoms with Gasteiger partial charge < -0.3 is 30.3 Å². The Hall–Kier alpha value is -3.24. The zero-order valence-corrected chi connectivity index (χ0v) is 24.7. The second-order valence-corrected chi connectivity index (χ2v) is 11.8. The molecule has 0 radical (unpaired) electrons. The number of carbonyl (C=O) groups is 4. The van der Waals surface area contributed by atoms with Crippen LogP contribution in [-0.4, -0.2) is 86.0 Å². The summed E-state index contributed by atoms with van der Waals surface area (Å²) in [5.41, 5.74) is 1.07. The van der Waals surface area contributed by atoms with E-state index in [1.807, 2.05) is 19.2 Å². The van der Waals surface area contributed by atoms with Gasteiger partial charge in [-0.1, -0.05) is 23.8 Å². The molecule has 10 heteroatoms. The number of epoxide rings is 1. The van der Waals surface area contributed by atoms with Gasteiger partial charge in [0.2, 0.25) is 17.7 Å². The maximum absolute atomic E-state index is 13.7. The third-order valence-electron chi connectivity index (χ3n) is 8.41. The van der Waals surface area contributed by atoms with E-state index in [1.165, 1.54) is 0 Å². The van der Waals surface area contributed by atoms with E-state index in [1.54, 1.807) is 33.1 Å². The van der Waals surface area contributed by atoms with Crippen LogP contribution in [0.25, 0.3) is 0 Å². The van der Waals surface area contributed by atoms with Gasteiger partial charge in [-0.05, 0) is 90.2 Å². The molecule has 2 fully saturated rings. The minimum absolute atomic E-state index is 0.137. The van der Waals surface area contributed by atoms with Gasteiger partial charge in [0.25, 0.3) is 0 Å². The number of benzene rings is 1. The van der Waals surface area contributed by atoms with Crippen LogP contribution in [0.15, 0.2) is 35.9 Å². The molecule has 1 aromatic carbocycles. The molecule has 3 amide bonds. The van der Waals surface area contributed by atoms with Crippen LogP contribution < -0.4 is 20.7 Å². The fraction of sp³-hybridized carbons (Fsp3) is 0.613. The number of rotatable bonds is 13.